The van der Waals surface area contributed by atoms with E-state index in [4.69, 9.17) is 13.9 Å². The number of nitrogens with zero attached hydrogens (tertiary/aromatic N) is 1. The van der Waals surface area contributed by atoms with Crippen molar-refractivity contribution in [2.24, 2.45) is 0 Å². The fourth-order valence-corrected chi connectivity index (χ4v) is 13.5. The standard InChI is InChI=1S/C44H49FNO5PSi/c1-31(2)42-39(41(33-23-25-35(45)26-24-33)32(3)43(46-42)34-17-11-8-12-18-34)27-28-52(49,50-7)30-36(29-40(47)48)51-53(44(4,5)6,37-19-13-9-14-20-37)38-21-15-10-16-22-38/h8-28,31,36H,29-30H2,1-7H3,(H,47,48)/b28-27+/t36-,52?/m0/s1. The molecule has 53 heavy (non-hydrogen) atoms. The molecule has 1 N–H and O–H groups in total. The van der Waals surface area contributed by atoms with Crippen LogP contribution in [0.1, 0.15) is 63.8 Å². The summed E-state index contributed by atoms with van der Waals surface area (Å²) in [6.45, 7) is 12.4. The van der Waals surface area contributed by atoms with Gasteiger partial charge in [-0.05, 0) is 63.2 Å². The summed E-state index contributed by atoms with van der Waals surface area (Å²) in [6, 6.07) is 36.2. The van der Waals surface area contributed by atoms with E-state index in [0.29, 0.717) is 0 Å². The zero-order valence-corrected chi connectivity index (χ0v) is 33.4. The first-order valence-corrected chi connectivity index (χ1v) is 21.7. The van der Waals surface area contributed by atoms with Crippen molar-refractivity contribution in [2.75, 3.05) is 13.3 Å². The molecular weight excluding hydrogens is 701 g/mol. The Bertz CT molecular complexity index is 2040. The van der Waals surface area contributed by atoms with Crippen LogP contribution in [0.3, 0.4) is 0 Å². The lowest BCUT2D eigenvalue weighted by Crippen LogP contribution is -2.68. The molecule has 0 amide bonds. The highest BCUT2D eigenvalue weighted by atomic mass is 31.2. The van der Waals surface area contributed by atoms with Crippen molar-refractivity contribution in [1.29, 1.82) is 0 Å². The molecule has 9 heteroatoms. The van der Waals surface area contributed by atoms with Gasteiger partial charge in [0.2, 0.25) is 7.37 Å². The molecule has 0 saturated heterocycles. The van der Waals surface area contributed by atoms with Crippen LogP contribution in [0, 0.1) is 12.7 Å². The summed E-state index contributed by atoms with van der Waals surface area (Å²) in [4.78, 5) is 17.6. The minimum atomic E-state index is -3.69. The Kier molecular flexibility index (Phi) is 12.5. The van der Waals surface area contributed by atoms with E-state index in [1.165, 1.54) is 19.2 Å². The Hall–Kier alpha value is -4.46. The topological polar surface area (TPSA) is 85.7 Å². The third-order valence-electron chi connectivity index (χ3n) is 9.63. The highest BCUT2D eigenvalue weighted by molar-refractivity contribution is 7.62. The van der Waals surface area contributed by atoms with Crippen molar-refractivity contribution in [3.63, 3.8) is 0 Å². The number of aliphatic carboxylic acids is 1. The van der Waals surface area contributed by atoms with Crippen LogP contribution >= 0.6 is 7.37 Å². The molecule has 1 heterocycles. The molecule has 0 radical (unpaired) electrons. The van der Waals surface area contributed by atoms with Crippen molar-refractivity contribution in [1.82, 2.24) is 4.98 Å². The molecule has 1 unspecified atom stereocenters. The second kappa shape index (κ2) is 16.7. The number of carbonyl (C=O) groups is 1. The molecule has 2 atom stereocenters. The van der Waals surface area contributed by atoms with Gasteiger partial charge in [0.25, 0.3) is 8.32 Å². The average Bonchev–Trinajstić information content (AvgIpc) is 3.13. The molecule has 1 aromatic heterocycles. The van der Waals surface area contributed by atoms with Crippen LogP contribution in [0.25, 0.3) is 28.5 Å². The van der Waals surface area contributed by atoms with E-state index >= 15 is 0 Å². The van der Waals surface area contributed by atoms with Crippen LogP contribution in [0.2, 0.25) is 5.04 Å². The number of rotatable bonds is 14. The highest BCUT2D eigenvalue weighted by Gasteiger charge is 2.52. The molecule has 0 aliphatic heterocycles. The first kappa shape index (κ1) is 39.7. The fourth-order valence-electron chi connectivity index (χ4n) is 7.14. The summed E-state index contributed by atoms with van der Waals surface area (Å²) in [6.07, 6.45) is 0.314. The van der Waals surface area contributed by atoms with Crippen LogP contribution in [0.15, 0.2) is 121 Å². The first-order chi connectivity index (χ1) is 25.2. The Labute approximate surface area is 314 Å². The minimum absolute atomic E-state index is 0.0305. The summed E-state index contributed by atoms with van der Waals surface area (Å²) in [5.74, 6) is 0.126. The van der Waals surface area contributed by atoms with Crippen molar-refractivity contribution in [2.45, 2.75) is 65.0 Å². The van der Waals surface area contributed by atoms with Crippen LogP contribution in [0.4, 0.5) is 4.39 Å². The predicted octanol–water partition coefficient (Wildman–Crippen LogP) is 10.3. The molecule has 0 aliphatic rings. The predicted molar refractivity (Wildman–Crippen MR) is 217 cm³/mol. The second-order valence-corrected chi connectivity index (χ2v) is 21.4. The molecule has 4 aromatic carbocycles. The summed E-state index contributed by atoms with van der Waals surface area (Å²) in [5, 5.41) is 11.7. The molecule has 5 aromatic rings. The summed E-state index contributed by atoms with van der Waals surface area (Å²) >= 11 is 0. The number of halogens is 1. The zero-order chi connectivity index (χ0) is 38.4. The maximum Gasteiger partial charge on any atom is 0.305 e. The average molecular weight is 750 g/mol. The van der Waals surface area contributed by atoms with Gasteiger partial charge in [0, 0.05) is 24.1 Å². The largest absolute Gasteiger partial charge is 0.481 e. The number of pyridine rings is 1. The van der Waals surface area contributed by atoms with Crippen LogP contribution in [-0.2, 0) is 18.3 Å². The van der Waals surface area contributed by atoms with E-state index in [1.807, 2.05) is 97.9 Å². The van der Waals surface area contributed by atoms with Crippen molar-refractivity contribution < 1.29 is 27.8 Å². The first-order valence-electron chi connectivity index (χ1n) is 17.9. The van der Waals surface area contributed by atoms with E-state index in [-0.39, 0.29) is 24.3 Å². The van der Waals surface area contributed by atoms with Gasteiger partial charge in [-0.25, -0.2) is 4.39 Å². The third-order valence-corrected chi connectivity index (χ3v) is 16.9. The van der Waals surface area contributed by atoms with E-state index in [1.54, 1.807) is 24.0 Å². The van der Waals surface area contributed by atoms with Gasteiger partial charge in [0.1, 0.15) is 5.82 Å². The van der Waals surface area contributed by atoms with Gasteiger partial charge >= 0.3 is 5.97 Å². The molecule has 0 aliphatic carbocycles. The van der Waals surface area contributed by atoms with Crippen molar-refractivity contribution in [3.8, 4) is 22.4 Å². The van der Waals surface area contributed by atoms with Crippen molar-refractivity contribution in [3.05, 3.63) is 144 Å². The van der Waals surface area contributed by atoms with Gasteiger partial charge in [-0.1, -0.05) is 138 Å². The van der Waals surface area contributed by atoms with E-state index < -0.39 is 32.8 Å². The molecule has 0 saturated carbocycles. The number of aromatic nitrogens is 1. The maximum atomic E-state index is 14.9. The van der Waals surface area contributed by atoms with Gasteiger partial charge in [0.05, 0.1) is 30.1 Å². The van der Waals surface area contributed by atoms with E-state index in [0.717, 1.165) is 49.6 Å². The van der Waals surface area contributed by atoms with Crippen LogP contribution in [0.5, 0.6) is 0 Å². The molecule has 5 rings (SSSR count). The monoisotopic (exact) mass is 749 g/mol. The van der Waals surface area contributed by atoms with Crippen LogP contribution < -0.4 is 10.4 Å². The maximum absolute atomic E-state index is 14.9. The summed E-state index contributed by atoms with van der Waals surface area (Å²) < 4.78 is 42.1. The lowest BCUT2D eigenvalue weighted by molar-refractivity contribution is -0.138. The summed E-state index contributed by atoms with van der Waals surface area (Å²) in [7, 11) is -5.51. The van der Waals surface area contributed by atoms with E-state index in [2.05, 4.69) is 34.6 Å². The van der Waals surface area contributed by atoms with E-state index in [9.17, 15) is 18.9 Å². The highest BCUT2D eigenvalue weighted by Crippen LogP contribution is 2.51. The number of hydrogen-bond donors (Lipinski definition) is 1. The SMILES string of the molecule is COP(=O)(/C=C/c1c(C(C)C)nc(-c2ccccc2)c(C)c1-c1ccc(F)cc1)C[C@H](CC(=O)O)O[Si](c1ccccc1)(c1ccccc1)C(C)(C)C. The quantitative estimate of drug-likeness (QED) is 0.0899. The minimum Gasteiger partial charge on any atom is -0.481 e. The number of benzene rings is 4. The van der Waals surface area contributed by atoms with Gasteiger partial charge < -0.3 is 14.1 Å². The van der Waals surface area contributed by atoms with Gasteiger partial charge in [0.15, 0.2) is 0 Å². The third kappa shape index (κ3) is 8.85. The van der Waals surface area contributed by atoms with Gasteiger partial charge in [-0.2, -0.15) is 0 Å². The molecule has 0 spiro atoms. The molecule has 0 fully saturated rings. The number of hydrogen-bond acceptors (Lipinski definition) is 5. The molecule has 276 valence electrons. The lowest BCUT2D eigenvalue weighted by atomic mass is 9.88. The Balaban J connectivity index is 1.65. The zero-order valence-electron chi connectivity index (χ0n) is 31.5. The molecule has 6 nitrogen and oxygen atoms in total. The smallest absolute Gasteiger partial charge is 0.305 e. The normalized spacial score (nSPS) is 14.0. The molecule has 0 bridgehead atoms. The Morgan fingerprint density at radius 1 is 0.868 bits per heavy atom. The number of carboxylic acids is 1. The number of carboxylic acid groups (broad SMARTS) is 1. The molecular formula is C44H49FNO5PSi. The lowest BCUT2D eigenvalue weighted by Gasteiger charge is -2.45. The van der Waals surface area contributed by atoms with Crippen LogP contribution in [-0.4, -0.2) is 43.8 Å². The summed E-state index contributed by atoms with van der Waals surface area (Å²) in [5.41, 5.74) is 5.79. The van der Waals surface area contributed by atoms with Gasteiger partial charge in [-0.15, -0.1) is 0 Å². The fraction of sp³-hybridized carbons (Fsp3) is 0.273. The Morgan fingerprint density at radius 3 is 1.87 bits per heavy atom. The van der Waals surface area contributed by atoms with Gasteiger partial charge in [-0.3, -0.25) is 14.3 Å². The Morgan fingerprint density at radius 2 is 1.40 bits per heavy atom. The van der Waals surface area contributed by atoms with Crippen molar-refractivity contribution >= 4 is 38.1 Å². The second-order valence-electron chi connectivity index (χ2n) is 14.7.